The molecule has 2 N–H and O–H groups in total. The van der Waals surface area contributed by atoms with Gasteiger partial charge in [-0.1, -0.05) is 12.1 Å². The van der Waals surface area contributed by atoms with Gasteiger partial charge in [-0.3, -0.25) is 4.90 Å². The molecule has 0 radical (unpaired) electrons. The number of hydrogen-bond acceptors (Lipinski definition) is 2. The van der Waals surface area contributed by atoms with Crippen LogP contribution in [0.15, 0.2) is 24.3 Å². The third-order valence-electron chi connectivity index (χ3n) is 3.45. The Hall–Kier alpha value is -1.62. The first-order valence-corrected chi connectivity index (χ1v) is 5.79. The number of rotatable bonds is 2. The van der Waals surface area contributed by atoms with E-state index in [1.54, 1.807) is 19.9 Å². The molecule has 0 saturated carbocycles. The van der Waals surface area contributed by atoms with Crippen LogP contribution in [0.3, 0.4) is 0 Å². The van der Waals surface area contributed by atoms with Crippen LogP contribution in [0, 0.1) is 5.82 Å². The number of hydrogen-bond donors (Lipinski definition) is 2. The van der Waals surface area contributed by atoms with Crippen LogP contribution in [0.4, 0.5) is 9.18 Å². The molecule has 2 atom stereocenters. The number of aliphatic hydroxyl groups is 1. The lowest BCUT2D eigenvalue weighted by Gasteiger charge is -2.54. The summed E-state index contributed by atoms with van der Waals surface area (Å²) in [6, 6.07) is 5.10. The van der Waals surface area contributed by atoms with Gasteiger partial charge in [-0.05, 0) is 38.0 Å². The zero-order chi connectivity index (χ0) is 13.5. The van der Waals surface area contributed by atoms with E-state index in [4.69, 9.17) is 5.11 Å². The second-order valence-corrected chi connectivity index (χ2v) is 5.24. The molecule has 1 fully saturated rings. The highest BCUT2D eigenvalue weighted by Crippen LogP contribution is 2.42. The average molecular weight is 253 g/mol. The molecular formula is C13H16FNO3. The molecule has 1 amide bonds. The summed E-state index contributed by atoms with van der Waals surface area (Å²) in [4.78, 5) is 12.4. The summed E-state index contributed by atoms with van der Waals surface area (Å²) in [6.45, 7) is 3.60. The fraction of sp³-hybridized carbons (Fsp3) is 0.462. The maximum absolute atomic E-state index is 13.1. The van der Waals surface area contributed by atoms with Crippen molar-refractivity contribution in [3.63, 3.8) is 0 Å². The predicted molar refractivity (Wildman–Crippen MR) is 63.7 cm³/mol. The standard InChI is InChI=1S/C13H16FNO3/c1-13(2)7-10(15(13)12(17)18)11(16)8-4-3-5-9(14)6-8/h3-6,10-11,16H,7H2,1-2H3,(H,17,18)/t10-,11-/m1/s1. The molecule has 1 heterocycles. The second kappa shape index (κ2) is 4.24. The Kier molecular flexibility index (Phi) is 3.02. The van der Waals surface area contributed by atoms with Crippen molar-refractivity contribution in [1.29, 1.82) is 0 Å². The Morgan fingerprint density at radius 2 is 2.22 bits per heavy atom. The molecule has 98 valence electrons. The fourth-order valence-corrected chi connectivity index (χ4v) is 2.60. The minimum absolute atomic E-state index is 0.404. The highest BCUT2D eigenvalue weighted by atomic mass is 19.1. The lowest BCUT2D eigenvalue weighted by atomic mass is 9.78. The van der Waals surface area contributed by atoms with Crippen molar-refractivity contribution in [3.05, 3.63) is 35.6 Å². The zero-order valence-corrected chi connectivity index (χ0v) is 10.3. The highest BCUT2D eigenvalue weighted by molar-refractivity contribution is 5.68. The van der Waals surface area contributed by atoms with Gasteiger partial charge in [0.2, 0.25) is 0 Å². The number of likely N-dealkylation sites (tertiary alicyclic amines) is 1. The molecule has 0 bridgehead atoms. The van der Waals surface area contributed by atoms with E-state index in [9.17, 15) is 14.3 Å². The number of benzene rings is 1. The van der Waals surface area contributed by atoms with Crippen LogP contribution in [0.1, 0.15) is 31.9 Å². The first kappa shape index (κ1) is 12.8. The Morgan fingerprint density at radius 1 is 1.56 bits per heavy atom. The van der Waals surface area contributed by atoms with Gasteiger partial charge in [-0.15, -0.1) is 0 Å². The molecule has 5 heteroatoms. The molecule has 1 aliphatic rings. The van der Waals surface area contributed by atoms with Gasteiger partial charge < -0.3 is 10.2 Å². The van der Waals surface area contributed by atoms with Crippen LogP contribution in [-0.2, 0) is 0 Å². The monoisotopic (exact) mass is 253 g/mol. The molecule has 1 aliphatic heterocycles. The van der Waals surface area contributed by atoms with Gasteiger partial charge in [0, 0.05) is 5.54 Å². The van der Waals surface area contributed by atoms with Crippen molar-refractivity contribution in [2.45, 2.75) is 38.0 Å². The van der Waals surface area contributed by atoms with E-state index in [0.29, 0.717) is 12.0 Å². The second-order valence-electron chi connectivity index (χ2n) is 5.24. The maximum Gasteiger partial charge on any atom is 0.408 e. The molecule has 1 aromatic carbocycles. The lowest BCUT2D eigenvalue weighted by Crippen LogP contribution is -2.66. The molecule has 18 heavy (non-hydrogen) atoms. The quantitative estimate of drug-likeness (QED) is 0.850. The Balaban J connectivity index is 2.20. The van der Waals surface area contributed by atoms with E-state index in [-0.39, 0.29) is 0 Å². The summed E-state index contributed by atoms with van der Waals surface area (Å²) in [5, 5.41) is 19.3. The van der Waals surface area contributed by atoms with Gasteiger partial charge >= 0.3 is 6.09 Å². The van der Waals surface area contributed by atoms with E-state index in [1.165, 1.54) is 23.1 Å². The molecule has 0 aliphatic carbocycles. The predicted octanol–water partition coefficient (Wildman–Crippen LogP) is 2.39. The molecule has 1 aromatic rings. The molecule has 0 aromatic heterocycles. The Labute approximate surface area is 105 Å². The van der Waals surface area contributed by atoms with Crippen LogP contribution in [0.25, 0.3) is 0 Å². The van der Waals surface area contributed by atoms with Gasteiger partial charge in [0.1, 0.15) is 5.82 Å². The molecular weight excluding hydrogens is 237 g/mol. The number of amides is 1. The topological polar surface area (TPSA) is 60.8 Å². The van der Waals surface area contributed by atoms with Crippen molar-refractivity contribution in [2.24, 2.45) is 0 Å². The van der Waals surface area contributed by atoms with E-state index in [0.717, 1.165) is 0 Å². The molecule has 2 rings (SSSR count). The highest BCUT2D eigenvalue weighted by Gasteiger charge is 2.51. The number of aliphatic hydroxyl groups excluding tert-OH is 1. The van der Waals surface area contributed by atoms with E-state index in [1.807, 2.05) is 0 Å². The Bertz CT molecular complexity index is 475. The molecule has 0 spiro atoms. The summed E-state index contributed by atoms with van der Waals surface area (Å²) in [5.41, 5.74) is -0.0769. The van der Waals surface area contributed by atoms with Crippen LogP contribution in [0.2, 0.25) is 0 Å². The van der Waals surface area contributed by atoms with E-state index >= 15 is 0 Å². The van der Waals surface area contributed by atoms with Crippen molar-refractivity contribution >= 4 is 6.09 Å². The summed E-state index contributed by atoms with van der Waals surface area (Å²) < 4.78 is 13.1. The first-order valence-electron chi connectivity index (χ1n) is 5.79. The summed E-state index contributed by atoms with van der Waals surface area (Å²) >= 11 is 0. The van der Waals surface area contributed by atoms with Crippen LogP contribution in [0.5, 0.6) is 0 Å². The number of carboxylic acid groups (broad SMARTS) is 1. The smallest absolute Gasteiger partial charge is 0.408 e. The van der Waals surface area contributed by atoms with Gasteiger partial charge in [0.05, 0.1) is 12.1 Å². The lowest BCUT2D eigenvalue weighted by molar-refractivity contribution is -0.0852. The van der Waals surface area contributed by atoms with Crippen LogP contribution in [-0.4, -0.2) is 32.8 Å². The van der Waals surface area contributed by atoms with Gasteiger partial charge in [0.15, 0.2) is 0 Å². The number of carbonyl (C=O) groups is 1. The minimum Gasteiger partial charge on any atom is -0.465 e. The normalized spacial score (nSPS) is 23.3. The van der Waals surface area contributed by atoms with Crippen molar-refractivity contribution < 1.29 is 19.4 Å². The third-order valence-corrected chi connectivity index (χ3v) is 3.45. The minimum atomic E-state index is -1.06. The van der Waals surface area contributed by atoms with Crippen molar-refractivity contribution in [1.82, 2.24) is 4.90 Å². The number of nitrogens with zero attached hydrogens (tertiary/aromatic N) is 1. The van der Waals surface area contributed by atoms with Gasteiger partial charge in [0.25, 0.3) is 0 Å². The van der Waals surface area contributed by atoms with E-state index in [2.05, 4.69) is 0 Å². The SMILES string of the molecule is CC1(C)C[C@H]([C@H](O)c2cccc(F)c2)N1C(=O)O. The molecule has 4 nitrogen and oxygen atoms in total. The number of halogens is 1. The Morgan fingerprint density at radius 3 is 2.72 bits per heavy atom. The van der Waals surface area contributed by atoms with E-state index < -0.39 is 29.6 Å². The van der Waals surface area contributed by atoms with Gasteiger partial charge in [-0.2, -0.15) is 0 Å². The van der Waals surface area contributed by atoms with Crippen LogP contribution >= 0.6 is 0 Å². The molecule has 1 saturated heterocycles. The largest absolute Gasteiger partial charge is 0.465 e. The first-order chi connectivity index (χ1) is 8.33. The average Bonchev–Trinajstić information content (AvgIpc) is 2.24. The summed E-state index contributed by atoms with van der Waals surface area (Å²) in [5.74, 6) is -0.438. The summed E-state index contributed by atoms with van der Waals surface area (Å²) in [6.07, 6.45) is -1.51. The fourth-order valence-electron chi connectivity index (χ4n) is 2.60. The van der Waals surface area contributed by atoms with Crippen molar-refractivity contribution in [3.8, 4) is 0 Å². The summed E-state index contributed by atoms with van der Waals surface area (Å²) in [7, 11) is 0. The third kappa shape index (κ3) is 2.06. The van der Waals surface area contributed by atoms with Crippen molar-refractivity contribution in [2.75, 3.05) is 0 Å². The zero-order valence-electron chi connectivity index (χ0n) is 10.3. The van der Waals surface area contributed by atoms with Crippen LogP contribution < -0.4 is 0 Å². The van der Waals surface area contributed by atoms with Gasteiger partial charge in [-0.25, -0.2) is 9.18 Å². The molecule has 0 unspecified atom stereocenters. The maximum atomic E-state index is 13.1.